The highest BCUT2D eigenvalue weighted by Gasteiger charge is 2.25. The molecule has 1 aliphatic heterocycles. The third-order valence-corrected chi connectivity index (χ3v) is 3.53. The minimum Gasteiger partial charge on any atom is -0.360 e. The molecule has 2 heterocycles. The Balaban J connectivity index is 1.91. The van der Waals surface area contributed by atoms with Crippen molar-refractivity contribution in [2.24, 2.45) is 0 Å². The van der Waals surface area contributed by atoms with Crippen LogP contribution >= 0.6 is 0 Å². The van der Waals surface area contributed by atoms with Crippen molar-refractivity contribution in [3.05, 3.63) is 36.0 Å². The third kappa shape index (κ3) is 2.19. The molecule has 1 aliphatic rings. The van der Waals surface area contributed by atoms with E-state index in [9.17, 15) is 9.59 Å². The molecule has 0 atom stereocenters. The number of hydrazine groups is 1. The number of aromatic amines is 1. The number of aromatic nitrogens is 1. The number of hydrogen-bond donors (Lipinski definition) is 2. The first-order valence-electron chi connectivity index (χ1n) is 6.62. The number of fused-ring (bicyclic) bond motifs is 1. The molecule has 6 nitrogen and oxygen atoms in total. The van der Waals surface area contributed by atoms with E-state index >= 15 is 0 Å². The van der Waals surface area contributed by atoms with Gasteiger partial charge < -0.3 is 10.3 Å². The number of imide groups is 1. The molecular weight excluding hydrogens is 256 g/mol. The van der Waals surface area contributed by atoms with E-state index in [4.69, 9.17) is 0 Å². The van der Waals surface area contributed by atoms with Crippen LogP contribution in [0.2, 0.25) is 0 Å². The van der Waals surface area contributed by atoms with Gasteiger partial charge in [-0.15, -0.1) is 0 Å². The maximum atomic E-state index is 12.6. The predicted molar refractivity (Wildman–Crippen MR) is 75.0 cm³/mol. The van der Waals surface area contributed by atoms with Gasteiger partial charge in [0.2, 0.25) is 6.41 Å². The van der Waals surface area contributed by atoms with E-state index in [2.05, 4.69) is 10.3 Å². The van der Waals surface area contributed by atoms with Crippen molar-refractivity contribution in [1.29, 1.82) is 0 Å². The summed E-state index contributed by atoms with van der Waals surface area (Å²) in [4.78, 5) is 26.9. The van der Waals surface area contributed by atoms with E-state index in [0.29, 0.717) is 25.1 Å². The minimum absolute atomic E-state index is 0.292. The number of nitrogens with one attached hydrogen (secondary N) is 2. The third-order valence-electron chi connectivity index (χ3n) is 3.53. The Bertz CT molecular complexity index is 631. The first kappa shape index (κ1) is 12.8. The summed E-state index contributed by atoms with van der Waals surface area (Å²) in [7, 11) is 0. The van der Waals surface area contributed by atoms with Crippen LogP contribution < -0.4 is 5.32 Å². The van der Waals surface area contributed by atoms with E-state index in [1.807, 2.05) is 24.3 Å². The second kappa shape index (κ2) is 5.44. The molecule has 1 aromatic heterocycles. The van der Waals surface area contributed by atoms with Crippen molar-refractivity contribution in [2.45, 2.75) is 0 Å². The van der Waals surface area contributed by atoms with Crippen LogP contribution in [0.25, 0.3) is 10.9 Å². The Kier molecular flexibility index (Phi) is 3.49. The number of carbonyl (C=O) groups excluding carboxylic acids is 2. The summed E-state index contributed by atoms with van der Waals surface area (Å²) in [5, 5.41) is 6.98. The number of benzene rings is 1. The van der Waals surface area contributed by atoms with Crippen molar-refractivity contribution in [1.82, 2.24) is 20.3 Å². The van der Waals surface area contributed by atoms with Gasteiger partial charge in [-0.25, -0.2) is 10.0 Å². The highest BCUT2D eigenvalue weighted by molar-refractivity contribution is 6.09. The summed E-state index contributed by atoms with van der Waals surface area (Å²) in [5.74, 6) is -0.292. The van der Waals surface area contributed by atoms with Crippen molar-refractivity contribution in [2.75, 3.05) is 26.2 Å². The van der Waals surface area contributed by atoms with E-state index in [1.165, 1.54) is 5.01 Å². The van der Waals surface area contributed by atoms with Gasteiger partial charge in [-0.3, -0.25) is 9.59 Å². The maximum absolute atomic E-state index is 12.6. The molecule has 3 rings (SSSR count). The molecule has 2 N–H and O–H groups in total. The molecule has 20 heavy (non-hydrogen) atoms. The maximum Gasteiger partial charge on any atom is 0.277 e. The van der Waals surface area contributed by atoms with Crippen molar-refractivity contribution in [3.8, 4) is 0 Å². The SMILES string of the molecule is O=CN(C(=O)c1c[nH]c2ccccc12)N1CCNCC1. The lowest BCUT2D eigenvalue weighted by Gasteiger charge is -2.33. The Labute approximate surface area is 116 Å². The van der Waals surface area contributed by atoms with Crippen LogP contribution in [0.15, 0.2) is 30.5 Å². The van der Waals surface area contributed by atoms with E-state index < -0.39 is 0 Å². The number of amides is 2. The molecule has 2 aromatic rings. The molecule has 0 saturated carbocycles. The Morgan fingerprint density at radius 2 is 2.00 bits per heavy atom. The van der Waals surface area contributed by atoms with E-state index in [0.717, 1.165) is 24.0 Å². The van der Waals surface area contributed by atoms with Gasteiger partial charge in [0.1, 0.15) is 0 Å². The average molecular weight is 272 g/mol. The van der Waals surface area contributed by atoms with Gasteiger partial charge >= 0.3 is 0 Å². The van der Waals surface area contributed by atoms with Crippen LogP contribution in [0.1, 0.15) is 10.4 Å². The van der Waals surface area contributed by atoms with Crippen LogP contribution in [-0.2, 0) is 4.79 Å². The molecule has 1 aromatic carbocycles. The van der Waals surface area contributed by atoms with Crippen molar-refractivity contribution >= 4 is 23.2 Å². The summed E-state index contributed by atoms with van der Waals surface area (Å²) in [6.07, 6.45) is 2.25. The molecule has 0 spiro atoms. The summed E-state index contributed by atoms with van der Waals surface area (Å²) < 4.78 is 0. The van der Waals surface area contributed by atoms with Crippen LogP contribution in [0.3, 0.4) is 0 Å². The van der Waals surface area contributed by atoms with Gasteiger partial charge in [-0.2, -0.15) is 0 Å². The Hall–Kier alpha value is -2.18. The standard InChI is InChI=1S/C14H16N4O2/c19-10-18(17-7-5-15-6-8-17)14(20)12-9-16-13-4-2-1-3-11(12)13/h1-4,9-10,15-16H,5-8H2. The molecule has 0 aliphatic carbocycles. The van der Waals surface area contributed by atoms with Gasteiger partial charge in [0.15, 0.2) is 0 Å². The van der Waals surface area contributed by atoms with E-state index in [1.54, 1.807) is 11.2 Å². The lowest BCUT2D eigenvalue weighted by Crippen LogP contribution is -2.54. The van der Waals surface area contributed by atoms with Crippen LogP contribution in [0, 0.1) is 0 Å². The molecule has 1 saturated heterocycles. The number of para-hydroxylation sites is 1. The first-order chi connectivity index (χ1) is 9.81. The molecule has 1 fully saturated rings. The van der Waals surface area contributed by atoms with Gasteiger partial charge in [-0.1, -0.05) is 18.2 Å². The number of nitrogens with zero attached hydrogens (tertiary/aromatic N) is 2. The summed E-state index contributed by atoms with van der Waals surface area (Å²) in [5.41, 5.74) is 1.41. The molecule has 0 unspecified atom stereocenters. The van der Waals surface area contributed by atoms with Crippen LogP contribution in [-0.4, -0.2) is 53.5 Å². The fraction of sp³-hybridized carbons (Fsp3) is 0.286. The highest BCUT2D eigenvalue weighted by atomic mass is 16.2. The summed E-state index contributed by atoms with van der Waals surface area (Å²) >= 11 is 0. The van der Waals surface area contributed by atoms with Gasteiger partial charge in [0, 0.05) is 43.3 Å². The number of piperazine rings is 1. The minimum atomic E-state index is -0.292. The number of H-pyrrole nitrogens is 1. The number of hydrogen-bond acceptors (Lipinski definition) is 4. The zero-order valence-electron chi connectivity index (χ0n) is 11.0. The first-order valence-corrected chi connectivity index (χ1v) is 6.62. The molecule has 6 heteroatoms. The lowest BCUT2D eigenvalue weighted by molar-refractivity contribution is -0.129. The van der Waals surface area contributed by atoms with Gasteiger partial charge in [0.05, 0.1) is 5.56 Å². The Morgan fingerprint density at radius 3 is 2.75 bits per heavy atom. The van der Waals surface area contributed by atoms with Crippen molar-refractivity contribution < 1.29 is 9.59 Å². The fourth-order valence-corrected chi connectivity index (χ4v) is 2.48. The number of rotatable bonds is 3. The fourth-order valence-electron chi connectivity index (χ4n) is 2.48. The molecule has 2 amide bonds. The van der Waals surface area contributed by atoms with Crippen molar-refractivity contribution in [3.63, 3.8) is 0 Å². The summed E-state index contributed by atoms with van der Waals surface area (Å²) in [6, 6.07) is 7.56. The normalized spacial score (nSPS) is 16.2. The second-order valence-corrected chi connectivity index (χ2v) is 4.71. The summed E-state index contributed by atoms with van der Waals surface area (Å²) in [6.45, 7) is 2.83. The topological polar surface area (TPSA) is 68.4 Å². The largest absolute Gasteiger partial charge is 0.360 e. The molecule has 104 valence electrons. The number of carbonyl (C=O) groups is 2. The lowest BCUT2D eigenvalue weighted by atomic mass is 10.1. The molecule has 0 radical (unpaired) electrons. The average Bonchev–Trinajstić information content (AvgIpc) is 2.93. The quantitative estimate of drug-likeness (QED) is 0.802. The monoisotopic (exact) mass is 272 g/mol. The molecule has 0 bridgehead atoms. The van der Waals surface area contributed by atoms with Crippen LogP contribution in [0.4, 0.5) is 0 Å². The molecular formula is C14H16N4O2. The Morgan fingerprint density at radius 1 is 1.25 bits per heavy atom. The highest BCUT2D eigenvalue weighted by Crippen LogP contribution is 2.19. The van der Waals surface area contributed by atoms with Crippen LogP contribution in [0.5, 0.6) is 0 Å². The zero-order valence-corrected chi connectivity index (χ0v) is 11.0. The van der Waals surface area contributed by atoms with E-state index in [-0.39, 0.29) is 5.91 Å². The smallest absolute Gasteiger partial charge is 0.277 e. The van der Waals surface area contributed by atoms with Gasteiger partial charge in [0.25, 0.3) is 5.91 Å². The second-order valence-electron chi connectivity index (χ2n) is 4.71. The zero-order chi connectivity index (χ0) is 13.9. The van der Waals surface area contributed by atoms with Gasteiger partial charge in [-0.05, 0) is 6.07 Å². The predicted octanol–water partition coefficient (Wildman–Crippen LogP) is 0.587.